The third-order valence-electron chi connectivity index (χ3n) is 2.92. The highest BCUT2D eigenvalue weighted by atomic mass is 16.5. The van der Waals surface area contributed by atoms with Crippen molar-refractivity contribution in [3.8, 4) is 0 Å². The van der Waals surface area contributed by atoms with Gasteiger partial charge in [0.2, 0.25) is 0 Å². The lowest BCUT2D eigenvalue weighted by Gasteiger charge is -2.17. The van der Waals surface area contributed by atoms with E-state index in [1.54, 1.807) is 24.3 Å². The minimum absolute atomic E-state index is 0.0346. The zero-order chi connectivity index (χ0) is 15.1. The normalized spacial score (nSPS) is 13.6. The number of carboxylic acids is 1. The van der Waals surface area contributed by atoms with Gasteiger partial charge in [0.1, 0.15) is 6.10 Å². The summed E-state index contributed by atoms with van der Waals surface area (Å²) in [7, 11) is 1.21. The topological polar surface area (TPSA) is 104 Å². The fraction of sp³-hybridized carbons (Fsp3) is 0.429. The first-order valence-corrected chi connectivity index (χ1v) is 6.17. The van der Waals surface area contributed by atoms with Gasteiger partial charge >= 0.3 is 11.9 Å². The maximum Gasteiger partial charge on any atom is 0.308 e. The number of carbonyl (C=O) groups is 2. The summed E-state index contributed by atoms with van der Waals surface area (Å²) >= 11 is 0. The molecule has 2 atom stereocenters. The fourth-order valence-corrected chi connectivity index (χ4v) is 1.72. The molecule has 6 heteroatoms. The molecule has 2 unspecified atom stereocenters. The van der Waals surface area contributed by atoms with Crippen LogP contribution in [-0.4, -0.2) is 40.5 Å². The number of esters is 1. The van der Waals surface area contributed by atoms with Crippen molar-refractivity contribution >= 4 is 11.9 Å². The number of ether oxygens (including phenoxy) is 1. The molecule has 0 bridgehead atoms. The Morgan fingerprint density at radius 1 is 1.20 bits per heavy atom. The van der Waals surface area contributed by atoms with Gasteiger partial charge in [-0.2, -0.15) is 0 Å². The van der Waals surface area contributed by atoms with Gasteiger partial charge in [-0.25, -0.2) is 0 Å². The molecule has 20 heavy (non-hydrogen) atoms. The summed E-state index contributed by atoms with van der Waals surface area (Å²) in [6.07, 6.45) is -2.29. The lowest BCUT2D eigenvalue weighted by atomic mass is 9.99. The van der Waals surface area contributed by atoms with Crippen LogP contribution in [-0.2, 0) is 20.7 Å². The van der Waals surface area contributed by atoms with E-state index in [0.717, 1.165) is 5.56 Å². The molecule has 0 radical (unpaired) electrons. The number of hydrogen-bond acceptors (Lipinski definition) is 5. The molecule has 6 nitrogen and oxygen atoms in total. The molecule has 0 aliphatic rings. The number of aliphatic carboxylic acids is 1. The van der Waals surface area contributed by atoms with Crippen LogP contribution in [0.25, 0.3) is 0 Å². The minimum Gasteiger partial charge on any atom is -0.481 e. The molecule has 1 rings (SSSR count). The van der Waals surface area contributed by atoms with Crippen LogP contribution < -0.4 is 0 Å². The predicted octanol–water partition coefficient (Wildman–Crippen LogP) is 0.661. The van der Waals surface area contributed by atoms with Crippen LogP contribution in [0.2, 0.25) is 0 Å². The summed E-state index contributed by atoms with van der Waals surface area (Å²) in [5, 5.41) is 28.2. The second kappa shape index (κ2) is 7.62. The highest BCUT2D eigenvalue weighted by Gasteiger charge is 2.21. The van der Waals surface area contributed by atoms with Gasteiger partial charge in [0, 0.05) is 6.42 Å². The van der Waals surface area contributed by atoms with E-state index in [1.165, 1.54) is 7.11 Å². The van der Waals surface area contributed by atoms with Gasteiger partial charge < -0.3 is 20.1 Å². The number of methoxy groups -OCH3 is 1. The first-order chi connectivity index (χ1) is 9.43. The van der Waals surface area contributed by atoms with Gasteiger partial charge in [0.05, 0.1) is 19.6 Å². The third kappa shape index (κ3) is 4.99. The Bertz CT molecular complexity index is 453. The summed E-state index contributed by atoms with van der Waals surface area (Å²) in [4.78, 5) is 21.5. The van der Waals surface area contributed by atoms with Crippen molar-refractivity contribution in [2.24, 2.45) is 0 Å². The summed E-state index contributed by atoms with van der Waals surface area (Å²) in [5.74, 6) is -1.47. The van der Waals surface area contributed by atoms with E-state index in [-0.39, 0.29) is 12.8 Å². The molecule has 1 aromatic rings. The third-order valence-corrected chi connectivity index (χ3v) is 2.92. The first-order valence-electron chi connectivity index (χ1n) is 6.17. The van der Waals surface area contributed by atoms with Gasteiger partial charge in [-0.05, 0) is 17.5 Å². The van der Waals surface area contributed by atoms with Crippen molar-refractivity contribution in [3.05, 3.63) is 35.4 Å². The van der Waals surface area contributed by atoms with Crippen molar-refractivity contribution in [3.63, 3.8) is 0 Å². The number of rotatable bonds is 7. The molecule has 0 spiro atoms. The van der Waals surface area contributed by atoms with Gasteiger partial charge in [-0.3, -0.25) is 9.59 Å². The average Bonchev–Trinajstić information content (AvgIpc) is 2.44. The van der Waals surface area contributed by atoms with Gasteiger partial charge in [-0.15, -0.1) is 0 Å². The minimum atomic E-state index is -1.24. The Balaban J connectivity index is 2.62. The molecule has 0 fully saturated rings. The molecule has 1 aromatic carbocycles. The number of carboxylic acid groups (broad SMARTS) is 1. The van der Waals surface area contributed by atoms with Crippen molar-refractivity contribution in [2.75, 3.05) is 7.11 Å². The van der Waals surface area contributed by atoms with E-state index in [0.29, 0.717) is 12.0 Å². The lowest BCUT2D eigenvalue weighted by Crippen LogP contribution is -2.22. The smallest absolute Gasteiger partial charge is 0.308 e. The Morgan fingerprint density at radius 3 is 2.30 bits per heavy atom. The Morgan fingerprint density at radius 2 is 1.80 bits per heavy atom. The maximum atomic E-state index is 11.0. The second-order valence-corrected chi connectivity index (χ2v) is 4.43. The van der Waals surface area contributed by atoms with Gasteiger partial charge in [0.25, 0.3) is 0 Å². The van der Waals surface area contributed by atoms with Crippen LogP contribution in [0.15, 0.2) is 24.3 Å². The predicted molar refractivity (Wildman–Crippen MR) is 70.0 cm³/mol. The molecule has 0 heterocycles. The Labute approximate surface area is 116 Å². The average molecular weight is 282 g/mol. The molecular weight excluding hydrogens is 264 g/mol. The van der Waals surface area contributed by atoms with Crippen LogP contribution in [0.1, 0.15) is 30.1 Å². The van der Waals surface area contributed by atoms with E-state index in [1.807, 2.05) is 0 Å². The molecule has 0 amide bonds. The molecular formula is C14H18O6. The fourth-order valence-electron chi connectivity index (χ4n) is 1.72. The maximum absolute atomic E-state index is 11.0. The zero-order valence-corrected chi connectivity index (χ0v) is 11.2. The van der Waals surface area contributed by atoms with E-state index >= 15 is 0 Å². The first kappa shape index (κ1) is 16.1. The van der Waals surface area contributed by atoms with Crippen LogP contribution >= 0.6 is 0 Å². The largest absolute Gasteiger partial charge is 0.481 e. The summed E-state index contributed by atoms with van der Waals surface area (Å²) in [6, 6.07) is 6.57. The summed E-state index contributed by atoms with van der Waals surface area (Å²) in [6.45, 7) is 0. The molecule has 0 aromatic heterocycles. The van der Waals surface area contributed by atoms with E-state index in [2.05, 4.69) is 4.74 Å². The number of aliphatic hydroxyl groups excluding tert-OH is 2. The van der Waals surface area contributed by atoms with Crippen LogP contribution in [0.3, 0.4) is 0 Å². The SMILES string of the molecule is COC(=O)CC(O)C(O)c1ccc(CCC(=O)O)cc1. The summed E-state index contributed by atoms with van der Waals surface area (Å²) < 4.78 is 4.41. The number of carbonyl (C=O) groups excluding carboxylic acids is 1. The molecule has 0 saturated heterocycles. The molecule has 0 saturated carbocycles. The molecule has 0 aliphatic heterocycles. The quantitative estimate of drug-likeness (QED) is 0.635. The number of aliphatic hydroxyl groups is 2. The van der Waals surface area contributed by atoms with Crippen LogP contribution in [0.5, 0.6) is 0 Å². The second-order valence-electron chi connectivity index (χ2n) is 4.43. The summed E-state index contributed by atoms with van der Waals surface area (Å²) in [5.41, 5.74) is 1.28. The van der Waals surface area contributed by atoms with E-state index in [4.69, 9.17) is 5.11 Å². The van der Waals surface area contributed by atoms with Crippen molar-refractivity contribution in [1.29, 1.82) is 0 Å². The van der Waals surface area contributed by atoms with E-state index in [9.17, 15) is 19.8 Å². The molecule has 3 N–H and O–H groups in total. The Kier molecular flexibility index (Phi) is 6.14. The molecule has 110 valence electrons. The van der Waals surface area contributed by atoms with Crippen molar-refractivity contribution in [2.45, 2.75) is 31.5 Å². The number of hydrogen-bond donors (Lipinski definition) is 3. The van der Waals surface area contributed by atoms with E-state index < -0.39 is 24.1 Å². The van der Waals surface area contributed by atoms with Crippen molar-refractivity contribution in [1.82, 2.24) is 0 Å². The monoisotopic (exact) mass is 282 g/mol. The van der Waals surface area contributed by atoms with Gasteiger partial charge in [-0.1, -0.05) is 24.3 Å². The lowest BCUT2D eigenvalue weighted by molar-refractivity contribution is -0.144. The zero-order valence-electron chi connectivity index (χ0n) is 11.2. The van der Waals surface area contributed by atoms with Crippen molar-refractivity contribution < 1.29 is 29.6 Å². The van der Waals surface area contributed by atoms with Crippen LogP contribution in [0.4, 0.5) is 0 Å². The number of aryl methyl sites for hydroxylation is 1. The highest BCUT2D eigenvalue weighted by Crippen LogP contribution is 2.20. The standard InChI is InChI=1S/C14H18O6/c1-20-13(18)8-11(15)14(19)10-5-2-9(3-6-10)4-7-12(16)17/h2-3,5-6,11,14-15,19H,4,7-8H2,1H3,(H,16,17). The van der Waals surface area contributed by atoms with Gasteiger partial charge in [0.15, 0.2) is 0 Å². The number of benzene rings is 1. The molecule has 0 aliphatic carbocycles. The van der Waals surface area contributed by atoms with Crippen LogP contribution in [0, 0.1) is 0 Å². The Hall–Kier alpha value is -1.92. The highest BCUT2D eigenvalue weighted by molar-refractivity contribution is 5.69.